The molecule has 2 aromatic heterocycles. The maximum atomic E-state index is 6.73. The Balaban J connectivity index is 0.908. The molecule has 0 atom stereocenters. The highest BCUT2D eigenvalue weighted by Gasteiger charge is 2.51. The summed E-state index contributed by atoms with van der Waals surface area (Å²) in [5, 5.41) is 1.31. The highest BCUT2D eigenvalue weighted by molar-refractivity contribution is 5.93. The summed E-state index contributed by atoms with van der Waals surface area (Å²) in [5.41, 5.74) is 16.7. The molecule has 0 saturated carbocycles. The number of fused-ring (bicyclic) bond motifs is 12. The molecule has 5 heteroatoms. The molecule has 13 rings (SSSR count). The van der Waals surface area contributed by atoms with E-state index in [4.69, 9.17) is 19.7 Å². The van der Waals surface area contributed by atoms with E-state index in [2.05, 4.69) is 187 Å². The number of nitrogens with zero attached hydrogens (tertiary/aromatic N) is 4. The average molecular weight is 807 g/mol. The van der Waals surface area contributed by atoms with Gasteiger partial charge in [0.1, 0.15) is 11.5 Å². The normalized spacial score (nSPS) is 13.8. The number of benzene rings is 8. The third kappa shape index (κ3) is 5.39. The van der Waals surface area contributed by atoms with E-state index in [1.807, 2.05) is 24.3 Å². The van der Waals surface area contributed by atoms with Crippen LogP contribution in [0.4, 0.5) is 0 Å². The summed E-state index contributed by atoms with van der Waals surface area (Å²) in [4.78, 5) is 15.5. The molecular weight excluding hydrogens is 769 g/mol. The van der Waals surface area contributed by atoms with Gasteiger partial charge in [-0.1, -0.05) is 164 Å². The molecule has 0 amide bonds. The third-order valence-electron chi connectivity index (χ3n) is 13.2. The van der Waals surface area contributed by atoms with Crippen molar-refractivity contribution in [2.24, 2.45) is 0 Å². The van der Waals surface area contributed by atoms with Gasteiger partial charge >= 0.3 is 0 Å². The van der Waals surface area contributed by atoms with Crippen molar-refractivity contribution in [1.29, 1.82) is 0 Å². The first-order valence-corrected chi connectivity index (χ1v) is 21.7. The number of allylic oxidation sites excluding steroid dienone is 1. The molecule has 0 saturated heterocycles. The first kappa shape index (κ1) is 35.6. The van der Waals surface area contributed by atoms with Crippen molar-refractivity contribution in [1.82, 2.24) is 19.5 Å². The molecule has 8 aromatic carbocycles. The largest absolute Gasteiger partial charge is 0.457 e. The molecule has 0 fully saturated rings. The summed E-state index contributed by atoms with van der Waals surface area (Å²) in [6.45, 7) is 0. The third-order valence-corrected chi connectivity index (χ3v) is 13.2. The van der Waals surface area contributed by atoms with Crippen LogP contribution in [0.2, 0.25) is 0 Å². The minimum absolute atomic E-state index is 0.591. The summed E-state index contributed by atoms with van der Waals surface area (Å²) in [6, 6.07) is 68.9. The molecule has 296 valence electrons. The molecule has 0 bridgehead atoms. The molecule has 1 spiro atoms. The minimum Gasteiger partial charge on any atom is -0.457 e. The van der Waals surface area contributed by atoms with Crippen LogP contribution < -0.4 is 4.74 Å². The predicted octanol–water partition coefficient (Wildman–Crippen LogP) is 13.9. The fourth-order valence-corrected chi connectivity index (χ4v) is 10.4. The number of rotatable bonds is 5. The lowest BCUT2D eigenvalue weighted by molar-refractivity contribution is 0.436. The maximum Gasteiger partial charge on any atom is 0.164 e. The van der Waals surface area contributed by atoms with Gasteiger partial charge in [-0.15, -0.1) is 0 Å². The first-order chi connectivity index (χ1) is 31.2. The van der Waals surface area contributed by atoms with E-state index in [-0.39, 0.29) is 0 Å². The Labute approximate surface area is 365 Å². The highest BCUT2D eigenvalue weighted by atomic mass is 16.5. The lowest BCUT2D eigenvalue weighted by Crippen LogP contribution is -2.32. The molecular formula is C58H38N4O. The van der Waals surface area contributed by atoms with E-state index < -0.39 is 5.41 Å². The molecule has 1 aliphatic heterocycles. The van der Waals surface area contributed by atoms with E-state index in [0.29, 0.717) is 17.5 Å². The summed E-state index contributed by atoms with van der Waals surface area (Å²) < 4.78 is 9.16. The van der Waals surface area contributed by atoms with Crippen LogP contribution in [0.15, 0.2) is 200 Å². The molecule has 0 unspecified atom stereocenters. The SMILES string of the molecule is C1=Cc2c(n(-c3ccc(-c4ccc(-c5nc(-c6ccccc6)nc(-c6ccc7c(c6)C6(c8ccccc8O7)c7ccccc7-c7ccccc76)n5)cc4)cc3)c3ccccc23)CC1. The van der Waals surface area contributed by atoms with Gasteiger partial charge in [0, 0.05) is 50.1 Å². The Morgan fingerprint density at radius 3 is 1.71 bits per heavy atom. The Bertz CT molecular complexity index is 3430. The zero-order chi connectivity index (χ0) is 41.5. The summed E-state index contributed by atoms with van der Waals surface area (Å²) in [6.07, 6.45) is 6.67. The smallest absolute Gasteiger partial charge is 0.164 e. The van der Waals surface area contributed by atoms with Crippen LogP contribution in [0.3, 0.4) is 0 Å². The van der Waals surface area contributed by atoms with Gasteiger partial charge < -0.3 is 9.30 Å². The van der Waals surface area contributed by atoms with E-state index in [9.17, 15) is 0 Å². The zero-order valence-electron chi connectivity index (χ0n) is 34.2. The van der Waals surface area contributed by atoms with Crippen molar-refractivity contribution >= 4 is 17.0 Å². The van der Waals surface area contributed by atoms with Crippen LogP contribution in [0.5, 0.6) is 11.5 Å². The van der Waals surface area contributed by atoms with E-state index in [0.717, 1.165) is 63.3 Å². The van der Waals surface area contributed by atoms with Gasteiger partial charge in [-0.25, -0.2) is 15.0 Å². The fraction of sp³-hybridized carbons (Fsp3) is 0.0517. The van der Waals surface area contributed by atoms with Gasteiger partial charge in [-0.3, -0.25) is 0 Å². The van der Waals surface area contributed by atoms with Crippen molar-refractivity contribution in [3.05, 3.63) is 234 Å². The van der Waals surface area contributed by atoms with Crippen LogP contribution >= 0.6 is 0 Å². The number of ether oxygens (including phenoxy) is 1. The van der Waals surface area contributed by atoms with E-state index in [1.165, 1.54) is 50.1 Å². The second-order valence-corrected chi connectivity index (χ2v) is 16.6. The Hall–Kier alpha value is -8.15. The zero-order valence-corrected chi connectivity index (χ0v) is 34.2. The fourth-order valence-electron chi connectivity index (χ4n) is 10.4. The molecule has 5 nitrogen and oxygen atoms in total. The first-order valence-electron chi connectivity index (χ1n) is 21.7. The van der Waals surface area contributed by atoms with Gasteiger partial charge in [-0.05, 0) is 88.7 Å². The Morgan fingerprint density at radius 2 is 0.984 bits per heavy atom. The standard InChI is InChI=1S/C58H38N4O/c1-2-14-39(15-3-1)55-59-56(40-28-26-37(27-29-40)38-30-33-42(34-31-38)62-51-23-11-6-18-45(51)46-19-7-12-24-52(46)62)61-57(60-55)41-32-35-54-50(36-41)58(49-22-10-13-25-53(49)63-54)47-20-8-4-16-43(47)44-17-5-9-21-48(44)58/h1-11,13-23,25-36H,12,24H2. The maximum absolute atomic E-state index is 6.73. The average Bonchev–Trinajstić information content (AvgIpc) is 3.85. The lowest BCUT2D eigenvalue weighted by Gasteiger charge is -2.39. The van der Waals surface area contributed by atoms with Gasteiger partial charge in [0.05, 0.1) is 10.9 Å². The van der Waals surface area contributed by atoms with Gasteiger partial charge in [-0.2, -0.15) is 0 Å². The molecule has 63 heavy (non-hydrogen) atoms. The van der Waals surface area contributed by atoms with Gasteiger partial charge in [0.2, 0.25) is 0 Å². The second-order valence-electron chi connectivity index (χ2n) is 16.6. The van der Waals surface area contributed by atoms with Crippen LogP contribution in [0.25, 0.3) is 79.1 Å². The summed E-state index contributed by atoms with van der Waals surface area (Å²) >= 11 is 0. The van der Waals surface area contributed by atoms with Crippen molar-refractivity contribution < 1.29 is 4.74 Å². The molecule has 3 aliphatic rings. The van der Waals surface area contributed by atoms with Crippen LogP contribution in [0, 0.1) is 0 Å². The Morgan fingerprint density at radius 1 is 0.444 bits per heavy atom. The lowest BCUT2D eigenvalue weighted by atomic mass is 9.66. The van der Waals surface area contributed by atoms with Crippen LogP contribution in [0.1, 0.15) is 39.9 Å². The van der Waals surface area contributed by atoms with E-state index >= 15 is 0 Å². The molecule has 0 N–H and O–H groups in total. The second kappa shape index (κ2) is 13.9. The van der Waals surface area contributed by atoms with Crippen molar-refractivity contribution in [2.75, 3.05) is 0 Å². The minimum atomic E-state index is -0.591. The molecule has 10 aromatic rings. The van der Waals surface area contributed by atoms with Crippen molar-refractivity contribution in [3.63, 3.8) is 0 Å². The predicted molar refractivity (Wildman–Crippen MR) is 253 cm³/mol. The van der Waals surface area contributed by atoms with E-state index in [1.54, 1.807) is 0 Å². The number of para-hydroxylation sites is 2. The topological polar surface area (TPSA) is 52.8 Å². The monoisotopic (exact) mass is 806 g/mol. The molecule has 3 heterocycles. The highest BCUT2D eigenvalue weighted by Crippen LogP contribution is 2.62. The van der Waals surface area contributed by atoms with Crippen LogP contribution in [-0.2, 0) is 11.8 Å². The van der Waals surface area contributed by atoms with Crippen LogP contribution in [-0.4, -0.2) is 19.5 Å². The number of hydrogen-bond donors (Lipinski definition) is 0. The number of aromatic nitrogens is 4. The summed E-state index contributed by atoms with van der Waals surface area (Å²) in [5.74, 6) is 3.53. The van der Waals surface area contributed by atoms with Crippen molar-refractivity contribution in [3.8, 4) is 73.6 Å². The van der Waals surface area contributed by atoms with Gasteiger partial charge in [0.25, 0.3) is 0 Å². The van der Waals surface area contributed by atoms with Gasteiger partial charge in [0.15, 0.2) is 17.5 Å². The molecule has 0 radical (unpaired) electrons. The number of hydrogen-bond acceptors (Lipinski definition) is 4. The summed E-state index contributed by atoms with van der Waals surface area (Å²) in [7, 11) is 0. The Kier molecular flexibility index (Phi) is 7.88. The quantitative estimate of drug-likeness (QED) is 0.174. The molecule has 2 aliphatic carbocycles. The van der Waals surface area contributed by atoms with Crippen molar-refractivity contribution in [2.45, 2.75) is 18.3 Å².